The molecule has 7 heteroatoms. The van der Waals surface area contributed by atoms with Gasteiger partial charge in [-0.15, -0.1) is 6.42 Å². The van der Waals surface area contributed by atoms with Crippen molar-refractivity contribution < 1.29 is 23.9 Å². The molecule has 0 radical (unpaired) electrons. The van der Waals surface area contributed by atoms with E-state index in [1.165, 1.54) is 0 Å². The van der Waals surface area contributed by atoms with Gasteiger partial charge in [-0.25, -0.2) is 0 Å². The second-order valence-corrected chi connectivity index (χ2v) is 4.44. The Kier molecular flexibility index (Phi) is 4.98. The Morgan fingerprint density at radius 1 is 1.41 bits per heavy atom. The minimum absolute atomic E-state index is 0.0569. The van der Waals surface area contributed by atoms with Crippen LogP contribution in [0.25, 0.3) is 0 Å². The second-order valence-electron chi connectivity index (χ2n) is 4.44. The summed E-state index contributed by atoms with van der Waals surface area (Å²) >= 11 is 0. The second kappa shape index (κ2) is 7.13. The van der Waals surface area contributed by atoms with Gasteiger partial charge in [-0.05, 0) is 12.1 Å². The largest absolute Gasteiger partial charge is 0.478 e. The molecule has 22 heavy (non-hydrogen) atoms. The first-order chi connectivity index (χ1) is 10.6. The summed E-state index contributed by atoms with van der Waals surface area (Å²) in [4.78, 5) is 34.7. The van der Waals surface area contributed by atoms with Gasteiger partial charge in [0.05, 0.1) is 18.7 Å². The Labute approximate surface area is 127 Å². The van der Waals surface area contributed by atoms with Gasteiger partial charge >= 0.3 is 5.97 Å². The SMILES string of the molecule is C#CCNC(=O)COC(=O)C[C@@H]1Oc2ccccc2NC1=O. The molecule has 0 aliphatic carbocycles. The van der Waals surface area contributed by atoms with Gasteiger partial charge in [0.15, 0.2) is 12.7 Å². The molecule has 0 fully saturated rings. The van der Waals surface area contributed by atoms with Gasteiger partial charge in [-0.1, -0.05) is 18.1 Å². The van der Waals surface area contributed by atoms with Gasteiger partial charge in [-0.2, -0.15) is 0 Å². The predicted octanol–water partition coefficient (Wildman–Crippen LogP) is 0.0688. The summed E-state index contributed by atoms with van der Waals surface area (Å²) in [6, 6.07) is 6.88. The number of para-hydroxylation sites is 2. The standard InChI is InChI=1S/C15H14N2O5/c1-2-7-16-13(18)9-21-14(19)8-12-15(20)17-10-5-3-4-6-11(10)22-12/h1,3-6,12H,7-9H2,(H,16,18)(H,17,20)/t12-/m0/s1. The fraction of sp³-hybridized carbons (Fsp3) is 0.267. The lowest BCUT2D eigenvalue weighted by molar-refractivity contribution is -0.151. The van der Waals surface area contributed by atoms with E-state index < -0.39 is 30.5 Å². The van der Waals surface area contributed by atoms with Gasteiger partial charge in [0, 0.05) is 0 Å². The van der Waals surface area contributed by atoms with Crippen LogP contribution in [0.15, 0.2) is 24.3 Å². The first kappa shape index (κ1) is 15.4. The number of ether oxygens (including phenoxy) is 2. The number of anilines is 1. The topological polar surface area (TPSA) is 93.7 Å². The third kappa shape index (κ3) is 3.99. The molecule has 1 aliphatic rings. The minimum atomic E-state index is -0.990. The van der Waals surface area contributed by atoms with Crippen molar-refractivity contribution in [3.05, 3.63) is 24.3 Å². The lowest BCUT2D eigenvalue weighted by atomic mass is 10.1. The number of carbonyl (C=O) groups excluding carboxylic acids is 3. The van der Waals surface area contributed by atoms with Crippen molar-refractivity contribution in [2.75, 3.05) is 18.5 Å². The summed E-state index contributed by atoms with van der Waals surface area (Å²) in [5.74, 6) is 1.04. The zero-order valence-corrected chi connectivity index (χ0v) is 11.6. The molecule has 2 N–H and O–H groups in total. The van der Waals surface area contributed by atoms with Crippen molar-refractivity contribution in [1.29, 1.82) is 0 Å². The van der Waals surface area contributed by atoms with Crippen molar-refractivity contribution in [2.45, 2.75) is 12.5 Å². The Hall–Kier alpha value is -3.01. The lowest BCUT2D eigenvalue weighted by Crippen LogP contribution is -2.39. The van der Waals surface area contributed by atoms with E-state index in [2.05, 4.69) is 16.6 Å². The number of rotatable bonds is 5. The molecule has 1 aliphatic heterocycles. The summed E-state index contributed by atoms with van der Waals surface area (Å²) in [5.41, 5.74) is 0.547. The van der Waals surface area contributed by atoms with Crippen molar-refractivity contribution in [1.82, 2.24) is 5.32 Å². The first-order valence-corrected chi connectivity index (χ1v) is 6.52. The van der Waals surface area contributed by atoms with Gasteiger partial charge in [-0.3, -0.25) is 14.4 Å². The van der Waals surface area contributed by atoms with Crippen LogP contribution >= 0.6 is 0 Å². The molecule has 0 saturated heterocycles. The molecule has 7 nitrogen and oxygen atoms in total. The molecule has 114 valence electrons. The van der Waals surface area contributed by atoms with E-state index in [0.717, 1.165) is 0 Å². The highest BCUT2D eigenvalue weighted by Gasteiger charge is 2.30. The number of hydrogen-bond acceptors (Lipinski definition) is 5. The van der Waals surface area contributed by atoms with Crippen LogP contribution in [0.4, 0.5) is 5.69 Å². The third-order valence-electron chi connectivity index (χ3n) is 2.81. The van der Waals surface area contributed by atoms with Crippen LogP contribution in [0.1, 0.15) is 6.42 Å². The number of carbonyl (C=O) groups is 3. The number of nitrogens with one attached hydrogen (secondary N) is 2. The molecule has 0 unspecified atom stereocenters. The van der Waals surface area contributed by atoms with E-state index in [1.54, 1.807) is 24.3 Å². The summed E-state index contributed by atoms with van der Waals surface area (Å²) in [5, 5.41) is 4.99. The lowest BCUT2D eigenvalue weighted by Gasteiger charge is -2.25. The quantitative estimate of drug-likeness (QED) is 0.593. The van der Waals surface area contributed by atoms with Crippen molar-refractivity contribution in [2.24, 2.45) is 0 Å². The molecule has 0 spiro atoms. The maximum atomic E-state index is 11.8. The highest BCUT2D eigenvalue weighted by Crippen LogP contribution is 2.29. The Morgan fingerprint density at radius 2 is 2.18 bits per heavy atom. The summed E-state index contributed by atoms with van der Waals surface area (Å²) in [7, 11) is 0. The monoisotopic (exact) mass is 302 g/mol. The van der Waals surface area contributed by atoms with E-state index >= 15 is 0 Å². The molecule has 1 aromatic carbocycles. The molecule has 1 aromatic rings. The zero-order chi connectivity index (χ0) is 15.9. The Balaban J connectivity index is 1.84. The van der Waals surface area contributed by atoms with Crippen LogP contribution in [0.3, 0.4) is 0 Å². The predicted molar refractivity (Wildman–Crippen MR) is 76.9 cm³/mol. The fourth-order valence-electron chi connectivity index (χ4n) is 1.78. The summed E-state index contributed by atoms with van der Waals surface area (Å²) < 4.78 is 10.2. The number of amides is 2. The van der Waals surface area contributed by atoms with Crippen molar-refractivity contribution in [3.8, 4) is 18.1 Å². The molecule has 1 heterocycles. The Morgan fingerprint density at radius 3 is 2.95 bits per heavy atom. The molecule has 0 bridgehead atoms. The van der Waals surface area contributed by atoms with Gasteiger partial charge < -0.3 is 20.1 Å². The van der Waals surface area contributed by atoms with Gasteiger partial charge in [0.1, 0.15) is 5.75 Å². The number of hydrogen-bond donors (Lipinski definition) is 2. The highest BCUT2D eigenvalue weighted by atomic mass is 16.5. The average Bonchev–Trinajstić information content (AvgIpc) is 2.51. The average molecular weight is 302 g/mol. The third-order valence-corrected chi connectivity index (χ3v) is 2.81. The van der Waals surface area contributed by atoms with Crippen LogP contribution in [-0.4, -0.2) is 37.0 Å². The maximum absolute atomic E-state index is 11.8. The number of fused-ring (bicyclic) bond motifs is 1. The molecule has 2 rings (SSSR count). The van der Waals surface area contributed by atoms with Crippen molar-refractivity contribution >= 4 is 23.5 Å². The molecule has 1 atom stereocenters. The van der Waals surface area contributed by atoms with E-state index in [-0.39, 0.29) is 13.0 Å². The van der Waals surface area contributed by atoms with Crippen LogP contribution in [0, 0.1) is 12.3 Å². The smallest absolute Gasteiger partial charge is 0.310 e. The first-order valence-electron chi connectivity index (χ1n) is 6.52. The molecular weight excluding hydrogens is 288 g/mol. The normalized spacial score (nSPS) is 15.6. The molecule has 0 saturated carbocycles. The van der Waals surface area contributed by atoms with Crippen LogP contribution in [-0.2, 0) is 19.1 Å². The maximum Gasteiger partial charge on any atom is 0.310 e. The molecular formula is C15H14N2O5. The number of terminal acetylenes is 1. The van der Waals surface area contributed by atoms with Crippen LogP contribution in [0.5, 0.6) is 5.75 Å². The summed E-state index contributed by atoms with van der Waals surface area (Å²) in [6.07, 6.45) is 3.70. The Bertz CT molecular complexity index is 635. The highest BCUT2D eigenvalue weighted by molar-refractivity contribution is 5.99. The van der Waals surface area contributed by atoms with Gasteiger partial charge in [0.2, 0.25) is 0 Å². The van der Waals surface area contributed by atoms with E-state index in [4.69, 9.17) is 15.9 Å². The zero-order valence-electron chi connectivity index (χ0n) is 11.6. The van der Waals surface area contributed by atoms with Crippen LogP contribution < -0.4 is 15.4 Å². The fourth-order valence-corrected chi connectivity index (χ4v) is 1.78. The number of benzene rings is 1. The van der Waals surface area contributed by atoms with Crippen LogP contribution in [0.2, 0.25) is 0 Å². The van der Waals surface area contributed by atoms with Gasteiger partial charge in [0.25, 0.3) is 11.8 Å². The molecule has 2 amide bonds. The van der Waals surface area contributed by atoms with E-state index in [0.29, 0.717) is 11.4 Å². The van der Waals surface area contributed by atoms with E-state index in [9.17, 15) is 14.4 Å². The van der Waals surface area contributed by atoms with E-state index in [1.807, 2.05) is 0 Å². The summed E-state index contributed by atoms with van der Waals surface area (Å²) in [6.45, 7) is -0.396. The minimum Gasteiger partial charge on any atom is -0.478 e. The van der Waals surface area contributed by atoms with Crippen molar-refractivity contribution in [3.63, 3.8) is 0 Å². The number of esters is 1. The molecule has 0 aromatic heterocycles.